The van der Waals surface area contributed by atoms with Gasteiger partial charge in [-0.2, -0.15) is 0 Å². The maximum absolute atomic E-state index is 12.0. The van der Waals surface area contributed by atoms with Crippen LogP contribution in [0.25, 0.3) is 6.08 Å². The molecule has 1 aromatic rings. The summed E-state index contributed by atoms with van der Waals surface area (Å²) in [6, 6.07) is 7.73. The summed E-state index contributed by atoms with van der Waals surface area (Å²) in [5, 5.41) is 0. The van der Waals surface area contributed by atoms with Crippen LogP contribution in [0.1, 0.15) is 25.8 Å². The van der Waals surface area contributed by atoms with E-state index in [2.05, 4.69) is 13.5 Å². The van der Waals surface area contributed by atoms with Gasteiger partial charge in [-0.15, -0.1) is 6.58 Å². The molecule has 1 rings (SSSR count). The largest absolute Gasteiger partial charge is 0.493 e. The molecule has 1 aromatic carbocycles. The topological polar surface area (TPSA) is 29.5 Å². The molecule has 0 saturated heterocycles. The summed E-state index contributed by atoms with van der Waals surface area (Å²) in [6.07, 6.45) is 6.08. The van der Waals surface area contributed by atoms with Crippen molar-refractivity contribution in [2.24, 2.45) is 0 Å². The molecule has 0 N–H and O–H groups in total. The van der Waals surface area contributed by atoms with Gasteiger partial charge in [-0.25, -0.2) is 0 Å². The number of ether oxygens (including phenoxy) is 1. The fourth-order valence-electron chi connectivity index (χ4n) is 1.76. The molecule has 0 aromatic heterocycles. The lowest BCUT2D eigenvalue weighted by atomic mass is 10.2. The van der Waals surface area contributed by atoms with Crippen molar-refractivity contribution in [1.29, 1.82) is 0 Å². The van der Waals surface area contributed by atoms with Gasteiger partial charge in [-0.3, -0.25) is 4.79 Å². The number of hydrogen-bond donors (Lipinski definition) is 0. The van der Waals surface area contributed by atoms with Gasteiger partial charge in [-0.05, 0) is 25.5 Å². The average Bonchev–Trinajstić information content (AvgIpc) is 2.48. The third-order valence-electron chi connectivity index (χ3n) is 2.83. The number of rotatable bonds is 8. The van der Waals surface area contributed by atoms with Gasteiger partial charge in [0.05, 0.1) is 6.61 Å². The van der Waals surface area contributed by atoms with Crippen molar-refractivity contribution in [2.45, 2.75) is 20.3 Å². The van der Waals surface area contributed by atoms with Crippen LogP contribution in [-0.4, -0.2) is 30.5 Å². The molecule has 0 bridgehead atoms. The molecule has 0 spiro atoms. The van der Waals surface area contributed by atoms with Crippen molar-refractivity contribution < 1.29 is 9.53 Å². The molecule has 0 aliphatic heterocycles. The molecule has 0 heterocycles. The molecule has 3 nitrogen and oxygen atoms in total. The second-order valence-electron chi connectivity index (χ2n) is 4.39. The molecule has 0 aliphatic rings. The predicted molar refractivity (Wildman–Crippen MR) is 83.7 cm³/mol. The summed E-state index contributed by atoms with van der Waals surface area (Å²) < 4.78 is 5.66. The van der Waals surface area contributed by atoms with E-state index < -0.39 is 0 Å². The van der Waals surface area contributed by atoms with E-state index in [-0.39, 0.29) is 5.91 Å². The van der Waals surface area contributed by atoms with Gasteiger partial charge in [0.15, 0.2) is 0 Å². The van der Waals surface area contributed by atoms with Crippen LogP contribution in [0, 0.1) is 0 Å². The third kappa shape index (κ3) is 4.92. The standard InChI is InChI=1S/C17H23NO2/c1-4-13-18(6-3)17(19)12-11-15-9-7-8-10-16(15)20-14-5-2/h4,7-12H,1,5-6,13-14H2,2-3H3/b12-11+. The Bertz CT molecular complexity index is 466. The van der Waals surface area contributed by atoms with Crippen LogP contribution < -0.4 is 4.74 Å². The fourth-order valence-corrected chi connectivity index (χ4v) is 1.76. The van der Waals surface area contributed by atoms with Crippen LogP contribution in [0.5, 0.6) is 5.75 Å². The summed E-state index contributed by atoms with van der Waals surface area (Å²) in [5.74, 6) is 0.794. The van der Waals surface area contributed by atoms with Gasteiger partial charge in [0.1, 0.15) is 5.75 Å². The van der Waals surface area contributed by atoms with E-state index >= 15 is 0 Å². The molecule has 0 radical (unpaired) electrons. The number of benzene rings is 1. The first kappa shape index (κ1) is 16.0. The van der Waals surface area contributed by atoms with E-state index in [1.54, 1.807) is 23.1 Å². The predicted octanol–water partition coefficient (Wildman–Crippen LogP) is 3.52. The number of hydrogen-bond acceptors (Lipinski definition) is 2. The minimum absolute atomic E-state index is 0.0160. The van der Waals surface area contributed by atoms with Crippen molar-refractivity contribution in [3.63, 3.8) is 0 Å². The fraction of sp³-hybridized carbons (Fsp3) is 0.353. The monoisotopic (exact) mass is 273 g/mol. The van der Waals surface area contributed by atoms with Crippen molar-refractivity contribution in [2.75, 3.05) is 19.7 Å². The van der Waals surface area contributed by atoms with Crippen molar-refractivity contribution in [3.8, 4) is 5.75 Å². The first-order chi connectivity index (χ1) is 9.72. The molecule has 20 heavy (non-hydrogen) atoms. The number of likely N-dealkylation sites (N-methyl/N-ethyl adjacent to an activating group) is 1. The van der Waals surface area contributed by atoms with Crippen molar-refractivity contribution >= 4 is 12.0 Å². The Morgan fingerprint density at radius 1 is 1.35 bits per heavy atom. The zero-order valence-corrected chi connectivity index (χ0v) is 12.3. The number of carbonyl (C=O) groups excluding carboxylic acids is 1. The van der Waals surface area contributed by atoms with Gasteiger partial charge < -0.3 is 9.64 Å². The highest BCUT2D eigenvalue weighted by atomic mass is 16.5. The van der Waals surface area contributed by atoms with E-state index in [0.717, 1.165) is 17.7 Å². The molecule has 0 unspecified atom stereocenters. The lowest BCUT2D eigenvalue weighted by Gasteiger charge is -2.16. The van der Waals surface area contributed by atoms with Gasteiger partial charge in [0.2, 0.25) is 5.91 Å². The molecule has 3 heteroatoms. The Balaban J connectivity index is 2.78. The lowest BCUT2D eigenvalue weighted by Crippen LogP contribution is -2.29. The second kappa shape index (κ2) is 8.97. The maximum atomic E-state index is 12.0. The SMILES string of the molecule is C=CCN(CC)C(=O)/C=C/c1ccccc1OCCC. The molecule has 108 valence electrons. The Kier molecular flexibility index (Phi) is 7.18. The average molecular weight is 273 g/mol. The van der Waals surface area contributed by atoms with Crippen molar-refractivity contribution in [3.05, 3.63) is 48.6 Å². The van der Waals surface area contributed by atoms with E-state index in [4.69, 9.17) is 4.74 Å². The summed E-state index contributed by atoms with van der Waals surface area (Å²) in [4.78, 5) is 13.7. The van der Waals surface area contributed by atoms with Crippen molar-refractivity contribution in [1.82, 2.24) is 4.90 Å². The Hall–Kier alpha value is -2.03. The smallest absolute Gasteiger partial charge is 0.246 e. The molecule has 0 aliphatic carbocycles. The molecular formula is C17H23NO2. The molecule has 0 atom stereocenters. The molecule has 0 fully saturated rings. The highest BCUT2D eigenvalue weighted by Crippen LogP contribution is 2.19. The highest BCUT2D eigenvalue weighted by molar-refractivity contribution is 5.92. The van der Waals surface area contributed by atoms with Crippen LogP contribution in [0.4, 0.5) is 0 Å². The number of para-hydroxylation sites is 1. The van der Waals surface area contributed by atoms with Gasteiger partial charge in [0.25, 0.3) is 0 Å². The molecule has 0 saturated carbocycles. The first-order valence-corrected chi connectivity index (χ1v) is 7.02. The van der Waals surface area contributed by atoms with Crippen LogP contribution in [0.15, 0.2) is 43.0 Å². The second-order valence-corrected chi connectivity index (χ2v) is 4.39. The zero-order valence-electron chi connectivity index (χ0n) is 12.3. The highest BCUT2D eigenvalue weighted by Gasteiger charge is 2.06. The quantitative estimate of drug-likeness (QED) is 0.536. The van der Waals surface area contributed by atoms with Crippen LogP contribution in [0.2, 0.25) is 0 Å². The number of nitrogens with zero attached hydrogens (tertiary/aromatic N) is 1. The number of carbonyl (C=O) groups is 1. The first-order valence-electron chi connectivity index (χ1n) is 7.02. The van der Waals surface area contributed by atoms with Gasteiger partial charge in [0, 0.05) is 24.7 Å². The summed E-state index contributed by atoms with van der Waals surface area (Å²) >= 11 is 0. The minimum atomic E-state index is -0.0160. The normalized spacial score (nSPS) is 10.5. The summed E-state index contributed by atoms with van der Waals surface area (Å²) in [7, 11) is 0. The summed E-state index contributed by atoms with van der Waals surface area (Å²) in [6.45, 7) is 9.59. The molecule has 1 amide bonds. The van der Waals surface area contributed by atoms with Gasteiger partial charge in [-0.1, -0.05) is 31.2 Å². The van der Waals surface area contributed by atoms with E-state index in [1.165, 1.54) is 0 Å². The van der Waals surface area contributed by atoms with Crippen LogP contribution >= 0.6 is 0 Å². The van der Waals surface area contributed by atoms with E-state index in [9.17, 15) is 4.79 Å². The van der Waals surface area contributed by atoms with E-state index in [0.29, 0.717) is 19.7 Å². The van der Waals surface area contributed by atoms with Crippen LogP contribution in [0.3, 0.4) is 0 Å². The van der Waals surface area contributed by atoms with Crippen LogP contribution in [-0.2, 0) is 4.79 Å². The number of amides is 1. The Morgan fingerprint density at radius 2 is 2.10 bits per heavy atom. The third-order valence-corrected chi connectivity index (χ3v) is 2.83. The Labute approximate surface area is 121 Å². The molecular weight excluding hydrogens is 250 g/mol. The zero-order chi connectivity index (χ0) is 14.8. The summed E-state index contributed by atoms with van der Waals surface area (Å²) in [5.41, 5.74) is 0.920. The van der Waals surface area contributed by atoms with Gasteiger partial charge >= 0.3 is 0 Å². The Morgan fingerprint density at radius 3 is 2.75 bits per heavy atom. The maximum Gasteiger partial charge on any atom is 0.246 e. The van der Waals surface area contributed by atoms with E-state index in [1.807, 2.05) is 31.2 Å². The minimum Gasteiger partial charge on any atom is -0.493 e. The lowest BCUT2D eigenvalue weighted by molar-refractivity contribution is -0.125.